The molecule has 0 bridgehead atoms. The molecule has 0 amide bonds. The molecule has 1 atom stereocenters. The first-order chi connectivity index (χ1) is 4.24. The minimum absolute atomic E-state index is 0.0699. The maximum absolute atomic E-state index is 12.4. The first-order valence-corrected chi connectivity index (χ1v) is 2.59. The number of alkyl halides is 1. The first kappa shape index (κ1) is 6.03. The van der Waals surface area contributed by atoms with Gasteiger partial charge in [0.2, 0.25) is 0 Å². The van der Waals surface area contributed by atoms with E-state index in [2.05, 4.69) is 5.92 Å². The summed E-state index contributed by atoms with van der Waals surface area (Å²) in [6.07, 6.45) is 4.77. The summed E-state index contributed by atoms with van der Waals surface area (Å²) in [6, 6.07) is 0. The highest BCUT2D eigenvalue weighted by atomic mass is 19.1. The van der Waals surface area contributed by atoms with Crippen molar-refractivity contribution < 1.29 is 9.18 Å². The van der Waals surface area contributed by atoms with Crippen molar-refractivity contribution >= 4 is 5.78 Å². The van der Waals surface area contributed by atoms with E-state index in [9.17, 15) is 9.18 Å². The third-order valence-electron chi connectivity index (χ3n) is 1.20. The van der Waals surface area contributed by atoms with Crippen molar-refractivity contribution in [1.29, 1.82) is 0 Å². The molecule has 0 radical (unpaired) electrons. The Morgan fingerprint density at radius 1 is 1.89 bits per heavy atom. The summed E-state index contributed by atoms with van der Waals surface area (Å²) in [5, 5.41) is 0. The van der Waals surface area contributed by atoms with E-state index >= 15 is 0 Å². The molecule has 1 unspecified atom stereocenters. The van der Waals surface area contributed by atoms with Gasteiger partial charge in [0, 0.05) is 12.0 Å². The molecule has 1 rings (SSSR count). The van der Waals surface area contributed by atoms with Crippen molar-refractivity contribution in [2.75, 3.05) is 0 Å². The van der Waals surface area contributed by atoms with Gasteiger partial charge in [-0.1, -0.05) is 5.92 Å². The normalized spacial score (nSPS) is 25.6. The van der Waals surface area contributed by atoms with Crippen molar-refractivity contribution in [3.63, 3.8) is 0 Å². The van der Waals surface area contributed by atoms with Gasteiger partial charge in [-0.3, -0.25) is 4.79 Å². The SMILES string of the molecule is C#CC1=CC(=O)CC1F. The summed E-state index contributed by atoms with van der Waals surface area (Å²) < 4.78 is 12.4. The van der Waals surface area contributed by atoms with Crippen molar-refractivity contribution in [2.45, 2.75) is 12.6 Å². The van der Waals surface area contributed by atoms with Crippen LogP contribution in [0.4, 0.5) is 4.39 Å². The highest BCUT2D eigenvalue weighted by molar-refractivity contribution is 5.95. The maximum atomic E-state index is 12.4. The number of carbonyl (C=O) groups is 1. The van der Waals surface area contributed by atoms with Gasteiger partial charge in [0.05, 0.1) is 0 Å². The average molecular weight is 124 g/mol. The topological polar surface area (TPSA) is 17.1 Å². The Labute approximate surface area is 52.6 Å². The Bertz CT molecular complexity index is 209. The largest absolute Gasteiger partial charge is 0.295 e. The highest BCUT2D eigenvalue weighted by Crippen LogP contribution is 2.17. The molecular weight excluding hydrogens is 119 g/mol. The average Bonchev–Trinajstić information content (AvgIpc) is 2.10. The van der Waals surface area contributed by atoms with Crippen LogP contribution in [0.15, 0.2) is 11.6 Å². The monoisotopic (exact) mass is 124 g/mol. The Kier molecular flexibility index (Phi) is 1.35. The second-order valence-electron chi connectivity index (χ2n) is 1.88. The zero-order chi connectivity index (χ0) is 6.85. The van der Waals surface area contributed by atoms with Gasteiger partial charge in [0.15, 0.2) is 5.78 Å². The van der Waals surface area contributed by atoms with Crippen LogP contribution in [0.2, 0.25) is 0 Å². The van der Waals surface area contributed by atoms with E-state index < -0.39 is 6.17 Å². The van der Waals surface area contributed by atoms with Gasteiger partial charge < -0.3 is 0 Å². The maximum Gasteiger partial charge on any atom is 0.159 e. The van der Waals surface area contributed by atoms with E-state index in [1.807, 2.05) is 0 Å². The minimum Gasteiger partial charge on any atom is -0.295 e. The van der Waals surface area contributed by atoms with E-state index in [1.54, 1.807) is 0 Å². The molecule has 46 valence electrons. The molecule has 0 saturated heterocycles. The molecule has 2 heteroatoms. The van der Waals surface area contributed by atoms with Crippen molar-refractivity contribution in [3.8, 4) is 12.3 Å². The lowest BCUT2D eigenvalue weighted by molar-refractivity contribution is -0.114. The quantitative estimate of drug-likeness (QED) is 0.437. The van der Waals surface area contributed by atoms with Crippen LogP contribution in [-0.2, 0) is 4.79 Å². The van der Waals surface area contributed by atoms with E-state index in [-0.39, 0.29) is 17.8 Å². The molecule has 0 aliphatic heterocycles. The fourth-order valence-corrected chi connectivity index (χ4v) is 0.741. The summed E-state index contributed by atoms with van der Waals surface area (Å²) >= 11 is 0. The van der Waals surface area contributed by atoms with Crippen LogP contribution in [0.1, 0.15) is 6.42 Å². The molecule has 1 nitrogen and oxygen atoms in total. The molecular formula is C7H5FO. The van der Waals surface area contributed by atoms with E-state index in [0.717, 1.165) is 0 Å². The van der Waals surface area contributed by atoms with Crippen LogP contribution in [0.25, 0.3) is 0 Å². The lowest BCUT2D eigenvalue weighted by Gasteiger charge is -1.92. The molecule has 1 aliphatic rings. The number of allylic oxidation sites excluding steroid dienone is 2. The van der Waals surface area contributed by atoms with Crippen molar-refractivity contribution in [2.24, 2.45) is 0 Å². The van der Waals surface area contributed by atoms with Gasteiger partial charge in [-0.2, -0.15) is 0 Å². The third kappa shape index (κ3) is 0.996. The summed E-state index contributed by atoms with van der Waals surface area (Å²) in [5.41, 5.74) is 0.181. The smallest absolute Gasteiger partial charge is 0.159 e. The van der Waals surface area contributed by atoms with Crippen LogP contribution in [0.5, 0.6) is 0 Å². The van der Waals surface area contributed by atoms with Crippen molar-refractivity contribution in [1.82, 2.24) is 0 Å². The molecule has 0 saturated carbocycles. The number of hydrogen-bond donors (Lipinski definition) is 0. The number of terminal acetylenes is 1. The van der Waals surface area contributed by atoms with Gasteiger partial charge >= 0.3 is 0 Å². The fourth-order valence-electron chi connectivity index (χ4n) is 0.741. The number of carbonyl (C=O) groups excluding carboxylic acids is 1. The molecule has 1 aliphatic carbocycles. The summed E-state index contributed by atoms with van der Waals surface area (Å²) in [6.45, 7) is 0. The number of hydrogen-bond acceptors (Lipinski definition) is 1. The molecule has 0 fully saturated rings. The Balaban J connectivity index is 2.84. The molecule has 0 aromatic carbocycles. The summed E-state index contributed by atoms with van der Waals surface area (Å²) in [5.74, 6) is 1.90. The molecule has 0 aromatic rings. The lowest BCUT2D eigenvalue weighted by atomic mass is 10.2. The molecule has 0 heterocycles. The van der Waals surface area contributed by atoms with Gasteiger partial charge in [0.1, 0.15) is 6.17 Å². The first-order valence-electron chi connectivity index (χ1n) is 2.59. The second-order valence-corrected chi connectivity index (χ2v) is 1.88. The van der Waals surface area contributed by atoms with E-state index in [0.29, 0.717) is 0 Å². The van der Waals surface area contributed by atoms with Crippen molar-refractivity contribution in [3.05, 3.63) is 11.6 Å². The van der Waals surface area contributed by atoms with E-state index in [4.69, 9.17) is 6.42 Å². The zero-order valence-electron chi connectivity index (χ0n) is 4.73. The van der Waals surface area contributed by atoms with E-state index in [1.165, 1.54) is 6.08 Å². The van der Waals surface area contributed by atoms with Crippen LogP contribution in [-0.4, -0.2) is 12.0 Å². The fraction of sp³-hybridized carbons (Fsp3) is 0.286. The van der Waals surface area contributed by atoms with Crippen LogP contribution < -0.4 is 0 Å². The molecule has 9 heavy (non-hydrogen) atoms. The van der Waals surface area contributed by atoms with Gasteiger partial charge in [0.25, 0.3) is 0 Å². The van der Waals surface area contributed by atoms with Gasteiger partial charge in [-0.25, -0.2) is 4.39 Å². The lowest BCUT2D eigenvalue weighted by Crippen LogP contribution is -1.97. The Morgan fingerprint density at radius 3 is 2.78 bits per heavy atom. The van der Waals surface area contributed by atoms with Crippen LogP contribution >= 0.6 is 0 Å². The standard InChI is InChI=1S/C7H5FO/c1-2-5-3-6(9)4-7(5)8/h1,3,7H,4H2. The molecule has 0 spiro atoms. The molecule has 0 N–H and O–H groups in total. The minimum atomic E-state index is -1.22. The predicted molar refractivity (Wildman–Crippen MR) is 31.4 cm³/mol. The van der Waals surface area contributed by atoms with Crippen LogP contribution in [0, 0.1) is 12.3 Å². The van der Waals surface area contributed by atoms with Gasteiger partial charge in [-0.05, 0) is 6.08 Å². The summed E-state index contributed by atoms with van der Waals surface area (Å²) in [4.78, 5) is 10.4. The van der Waals surface area contributed by atoms with Crippen LogP contribution in [0.3, 0.4) is 0 Å². The Hall–Kier alpha value is -1.10. The number of halogens is 1. The summed E-state index contributed by atoms with van der Waals surface area (Å²) in [7, 11) is 0. The number of ketones is 1. The molecule has 0 aromatic heterocycles. The number of rotatable bonds is 0. The predicted octanol–water partition coefficient (Wildman–Crippen LogP) is 0.857. The third-order valence-corrected chi connectivity index (χ3v) is 1.20. The second kappa shape index (κ2) is 2.02. The van der Waals surface area contributed by atoms with Gasteiger partial charge in [-0.15, -0.1) is 6.42 Å². The highest BCUT2D eigenvalue weighted by Gasteiger charge is 2.22. The zero-order valence-corrected chi connectivity index (χ0v) is 4.73. The Morgan fingerprint density at radius 2 is 2.56 bits per heavy atom.